The van der Waals surface area contributed by atoms with Crippen LogP contribution in [0.15, 0.2) is 22.7 Å². The fourth-order valence-electron chi connectivity index (χ4n) is 8.01. The number of allylic oxidation sites excluding steroid dienone is 1. The first-order chi connectivity index (χ1) is 18.5. The van der Waals surface area contributed by atoms with Crippen LogP contribution in [-0.2, 0) is 22.2 Å². The number of phenolic OH excluding ortho intramolecular Hbond substituents is 1. The van der Waals surface area contributed by atoms with Gasteiger partial charge in [-0.3, -0.25) is 24.2 Å². The van der Waals surface area contributed by atoms with Crippen molar-refractivity contribution in [3.63, 3.8) is 0 Å². The molecule has 6 atom stereocenters. The number of ketones is 2. The Labute approximate surface area is 226 Å². The summed E-state index contributed by atoms with van der Waals surface area (Å²) < 4.78 is 43.9. The summed E-state index contributed by atoms with van der Waals surface area (Å²) in [5, 5.41) is 45.1. The minimum atomic E-state index is -4.84. The van der Waals surface area contributed by atoms with Gasteiger partial charge in [0.05, 0.1) is 17.2 Å². The van der Waals surface area contributed by atoms with Crippen LogP contribution in [0, 0.1) is 11.8 Å². The highest BCUT2D eigenvalue weighted by atomic mass is 19.4. The van der Waals surface area contributed by atoms with E-state index in [1.165, 1.54) is 19.0 Å². The van der Waals surface area contributed by atoms with Crippen molar-refractivity contribution in [2.45, 2.75) is 49.0 Å². The van der Waals surface area contributed by atoms with Gasteiger partial charge in [-0.2, -0.15) is 13.2 Å². The number of fused-ring (bicyclic) bond motifs is 7. The Balaban J connectivity index is 1.60. The van der Waals surface area contributed by atoms with Crippen molar-refractivity contribution in [3.05, 3.63) is 50.5 Å². The zero-order valence-electron chi connectivity index (χ0n) is 21.8. The molecule has 0 spiro atoms. The SMILES string of the molecule is CN1CCC2c3c(c(O)c4c(c3C(F)(F)F)C[C@H]3C[C@H]5[C@H](N(C)C)C(O)=C(C(N)=O)C(=O)[C@@]5(O)C(O)=C3C4=O)C21. The van der Waals surface area contributed by atoms with Crippen LogP contribution in [0.3, 0.4) is 0 Å². The van der Waals surface area contributed by atoms with Gasteiger partial charge in [0, 0.05) is 29.0 Å². The molecule has 1 saturated heterocycles. The monoisotopic (exact) mass is 563 g/mol. The predicted octanol–water partition coefficient (Wildman–Crippen LogP) is 1.61. The molecule has 1 fully saturated rings. The summed E-state index contributed by atoms with van der Waals surface area (Å²) in [6.45, 7) is 0.509. The zero-order valence-corrected chi connectivity index (χ0v) is 21.8. The topological polar surface area (TPSA) is 165 Å². The standard InChI is InChI=1S/C27H28F3N3O7/c1-32(2)19-11-7-8-6-10-14(20(34)12(8)23(37)26(11,40)24(38)16(22(19)36)25(31)39)21(35)15-13(17(10)27(28,29)30)9-4-5-33(3)18(9)15/h8-9,11,18-19,35-37,40H,4-7H2,1-3H3,(H2,31,39)/t8-,9?,11-,18?,19-,26-/m0/s1. The van der Waals surface area contributed by atoms with Crippen LogP contribution in [0.25, 0.3) is 0 Å². The molecule has 4 aliphatic carbocycles. The molecule has 40 heavy (non-hydrogen) atoms. The molecule has 0 aromatic heterocycles. The molecule has 1 aliphatic heterocycles. The molecule has 0 bridgehead atoms. The number of aromatic hydroxyl groups is 1. The van der Waals surface area contributed by atoms with Crippen LogP contribution in [-0.4, -0.2) is 87.0 Å². The second-order valence-corrected chi connectivity index (χ2v) is 11.7. The Bertz CT molecular complexity index is 1500. The number of carbonyl (C=O) groups is 3. The van der Waals surface area contributed by atoms with E-state index in [1.807, 2.05) is 4.90 Å². The quantitative estimate of drug-likeness (QED) is 0.336. The second kappa shape index (κ2) is 8.08. The number of hydrogen-bond donors (Lipinski definition) is 5. The maximum atomic E-state index is 14.6. The maximum absolute atomic E-state index is 14.6. The van der Waals surface area contributed by atoms with E-state index >= 15 is 0 Å². The van der Waals surface area contributed by atoms with Crippen LogP contribution in [0.2, 0.25) is 0 Å². The van der Waals surface area contributed by atoms with Crippen molar-refractivity contribution in [1.29, 1.82) is 0 Å². The highest BCUT2D eigenvalue weighted by Gasteiger charge is 2.64. The number of amides is 1. The largest absolute Gasteiger partial charge is 0.510 e. The van der Waals surface area contributed by atoms with Crippen LogP contribution < -0.4 is 5.73 Å². The first-order valence-electron chi connectivity index (χ1n) is 12.9. The van der Waals surface area contributed by atoms with Crippen molar-refractivity contribution in [3.8, 4) is 5.75 Å². The van der Waals surface area contributed by atoms with E-state index in [1.54, 1.807) is 7.05 Å². The van der Waals surface area contributed by atoms with E-state index in [0.717, 1.165) is 0 Å². The number of rotatable bonds is 2. The molecule has 214 valence electrons. The van der Waals surface area contributed by atoms with Gasteiger partial charge in [-0.15, -0.1) is 0 Å². The number of likely N-dealkylation sites (N-methyl/N-ethyl adjacent to an activating group) is 2. The fraction of sp³-hybridized carbons (Fsp3) is 0.519. The van der Waals surface area contributed by atoms with E-state index in [9.17, 15) is 48.0 Å². The van der Waals surface area contributed by atoms with Gasteiger partial charge >= 0.3 is 6.18 Å². The molecule has 1 aromatic carbocycles. The Morgan fingerprint density at radius 2 is 1.80 bits per heavy atom. The summed E-state index contributed by atoms with van der Waals surface area (Å²) in [6.07, 6.45) is -5.06. The van der Waals surface area contributed by atoms with Gasteiger partial charge in [0.25, 0.3) is 5.91 Å². The third kappa shape index (κ3) is 3.02. The minimum Gasteiger partial charge on any atom is -0.510 e. The summed E-state index contributed by atoms with van der Waals surface area (Å²) in [7, 11) is 4.67. The lowest BCUT2D eigenvalue weighted by Crippen LogP contribution is -2.63. The number of likely N-dealkylation sites (tertiary alicyclic amines) is 1. The molecule has 5 aliphatic rings. The molecule has 1 amide bonds. The number of primary amides is 1. The normalized spacial score (nSPS) is 33.4. The Kier molecular flexibility index (Phi) is 5.41. The third-order valence-corrected chi connectivity index (χ3v) is 9.57. The average Bonchev–Trinajstić information content (AvgIpc) is 3.13. The van der Waals surface area contributed by atoms with Crippen molar-refractivity contribution in [2.24, 2.45) is 17.6 Å². The number of aliphatic hydroxyl groups excluding tert-OH is 2. The number of nitrogens with two attached hydrogens (primary N) is 1. The van der Waals surface area contributed by atoms with Crippen molar-refractivity contribution >= 4 is 17.5 Å². The lowest BCUT2D eigenvalue weighted by atomic mass is 9.57. The molecule has 6 N–H and O–H groups in total. The summed E-state index contributed by atoms with van der Waals surface area (Å²) in [5.74, 6) is -9.19. The van der Waals surface area contributed by atoms with Gasteiger partial charge in [-0.1, -0.05) is 0 Å². The first kappa shape index (κ1) is 26.8. The number of hydrogen-bond acceptors (Lipinski definition) is 9. The molecule has 2 unspecified atom stereocenters. The molecule has 0 radical (unpaired) electrons. The van der Waals surface area contributed by atoms with E-state index in [-0.39, 0.29) is 23.1 Å². The smallest absolute Gasteiger partial charge is 0.416 e. The lowest BCUT2D eigenvalue weighted by Gasteiger charge is -2.50. The van der Waals surface area contributed by atoms with Crippen LogP contribution in [0.5, 0.6) is 5.75 Å². The fourth-order valence-corrected chi connectivity index (χ4v) is 8.01. The van der Waals surface area contributed by atoms with Gasteiger partial charge in [-0.25, -0.2) is 0 Å². The summed E-state index contributed by atoms with van der Waals surface area (Å²) in [6, 6.07) is -1.73. The first-order valence-corrected chi connectivity index (χ1v) is 12.9. The lowest BCUT2D eigenvalue weighted by molar-refractivity contribution is -0.148. The number of aliphatic hydroxyl groups is 3. The number of carbonyl (C=O) groups excluding carboxylic acids is 3. The van der Waals surface area contributed by atoms with Crippen LogP contribution in [0.1, 0.15) is 57.4 Å². The minimum absolute atomic E-state index is 0.0134. The molecular weight excluding hydrogens is 535 g/mol. The Morgan fingerprint density at radius 1 is 1.15 bits per heavy atom. The molecule has 0 saturated carbocycles. The predicted molar refractivity (Wildman–Crippen MR) is 131 cm³/mol. The van der Waals surface area contributed by atoms with Gasteiger partial charge in [0.15, 0.2) is 11.4 Å². The molecule has 1 heterocycles. The van der Waals surface area contributed by atoms with Crippen molar-refractivity contribution in [1.82, 2.24) is 9.80 Å². The number of benzene rings is 1. The highest BCUT2D eigenvalue weighted by molar-refractivity contribution is 6.24. The van der Waals surface area contributed by atoms with Crippen molar-refractivity contribution < 1.29 is 48.0 Å². The number of halogens is 3. The highest BCUT2D eigenvalue weighted by Crippen LogP contribution is 2.64. The van der Waals surface area contributed by atoms with E-state index in [0.29, 0.717) is 13.0 Å². The Hall–Kier alpha value is -3.42. The Morgan fingerprint density at radius 3 is 2.38 bits per heavy atom. The number of alkyl halides is 3. The molecular formula is C27H28F3N3O7. The van der Waals surface area contributed by atoms with Gasteiger partial charge in [0.1, 0.15) is 22.8 Å². The average molecular weight is 564 g/mol. The molecule has 1 aromatic rings. The van der Waals surface area contributed by atoms with Gasteiger partial charge in [-0.05, 0) is 64.0 Å². The molecule has 13 heteroatoms. The zero-order chi connectivity index (χ0) is 29.4. The van der Waals surface area contributed by atoms with Crippen LogP contribution >= 0.6 is 0 Å². The number of Topliss-reactive ketones (excluding diaryl/α,β-unsaturated/α-hetero) is 2. The molecule has 10 nitrogen and oxygen atoms in total. The summed E-state index contributed by atoms with van der Waals surface area (Å²) >= 11 is 0. The molecule has 6 rings (SSSR count). The maximum Gasteiger partial charge on any atom is 0.416 e. The third-order valence-electron chi connectivity index (χ3n) is 9.57. The van der Waals surface area contributed by atoms with E-state index in [2.05, 4.69) is 0 Å². The summed E-state index contributed by atoms with van der Waals surface area (Å²) in [4.78, 5) is 42.5. The van der Waals surface area contributed by atoms with E-state index < -0.39 is 105 Å². The van der Waals surface area contributed by atoms with Crippen LogP contribution in [0.4, 0.5) is 13.2 Å². The number of phenols is 1. The van der Waals surface area contributed by atoms with E-state index in [4.69, 9.17) is 5.73 Å². The second-order valence-electron chi connectivity index (χ2n) is 11.7. The summed E-state index contributed by atoms with van der Waals surface area (Å²) in [5.41, 5.74) is -0.911. The van der Waals surface area contributed by atoms with Crippen molar-refractivity contribution in [2.75, 3.05) is 27.7 Å². The van der Waals surface area contributed by atoms with Gasteiger partial charge in [0.2, 0.25) is 5.78 Å². The number of nitrogens with zero attached hydrogens (tertiary/aromatic N) is 2. The van der Waals surface area contributed by atoms with Gasteiger partial charge < -0.3 is 26.2 Å².